The van der Waals surface area contributed by atoms with Crippen LogP contribution in [-0.4, -0.2) is 36.5 Å². The Bertz CT molecular complexity index is 518. The van der Waals surface area contributed by atoms with Crippen LogP contribution in [0.1, 0.15) is 5.56 Å². The number of amides is 1. The highest BCUT2D eigenvalue weighted by Crippen LogP contribution is 2.07. The molecule has 1 unspecified atom stereocenters. The summed E-state index contributed by atoms with van der Waals surface area (Å²) < 4.78 is 12.7. The van der Waals surface area contributed by atoms with Gasteiger partial charge in [0.1, 0.15) is 11.9 Å². The van der Waals surface area contributed by atoms with Crippen molar-refractivity contribution in [2.45, 2.75) is 6.04 Å². The molecule has 1 aromatic carbocycles. The molecular weight excluding hydrogens is 245 g/mol. The molecule has 1 aromatic rings. The van der Waals surface area contributed by atoms with E-state index in [1.807, 2.05) is 0 Å². The van der Waals surface area contributed by atoms with Gasteiger partial charge < -0.3 is 10.2 Å². The summed E-state index contributed by atoms with van der Waals surface area (Å²) in [6.07, 6.45) is 3.04. The molecule has 1 amide bonds. The monoisotopic (exact) mass is 259 g/mol. The molecule has 0 saturated carbocycles. The zero-order valence-electron chi connectivity index (χ0n) is 10.3. The Labute approximate surface area is 111 Å². The molecule has 98 valence electrons. The van der Waals surface area contributed by atoms with Crippen LogP contribution in [0.25, 0.3) is 6.08 Å². The van der Waals surface area contributed by atoms with Gasteiger partial charge in [-0.15, -0.1) is 0 Å². The molecule has 1 heterocycles. The Morgan fingerprint density at radius 3 is 2.89 bits per heavy atom. The molecule has 1 aliphatic rings. The second-order valence-corrected chi connectivity index (χ2v) is 4.27. The van der Waals surface area contributed by atoms with Crippen molar-refractivity contribution in [1.29, 1.82) is 5.26 Å². The minimum Gasteiger partial charge on any atom is -0.321 e. The summed E-state index contributed by atoms with van der Waals surface area (Å²) in [4.78, 5) is 13.5. The van der Waals surface area contributed by atoms with Crippen LogP contribution in [0.3, 0.4) is 0 Å². The largest absolute Gasteiger partial charge is 0.321 e. The van der Waals surface area contributed by atoms with Crippen molar-refractivity contribution in [3.05, 3.63) is 41.7 Å². The van der Waals surface area contributed by atoms with E-state index < -0.39 is 6.04 Å². The van der Waals surface area contributed by atoms with Gasteiger partial charge in [0.2, 0.25) is 5.91 Å². The third kappa shape index (κ3) is 3.39. The molecule has 0 aromatic heterocycles. The number of hydrogen-bond donors (Lipinski definition) is 1. The van der Waals surface area contributed by atoms with Crippen LogP contribution in [0.5, 0.6) is 0 Å². The van der Waals surface area contributed by atoms with Crippen molar-refractivity contribution in [2.24, 2.45) is 0 Å². The highest BCUT2D eigenvalue weighted by Gasteiger charge is 2.24. The van der Waals surface area contributed by atoms with Crippen LogP contribution < -0.4 is 5.32 Å². The standard InChI is InChI=1S/C14H14FN3O/c15-12-4-1-11(2-5-12)3-6-14(19)18-8-7-17-10-13(18)9-16/h1-6,13,17H,7-8,10H2. The van der Waals surface area contributed by atoms with Gasteiger partial charge in [-0.05, 0) is 23.8 Å². The van der Waals surface area contributed by atoms with Crippen molar-refractivity contribution in [2.75, 3.05) is 19.6 Å². The number of piperazine rings is 1. The summed E-state index contributed by atoms with van der Waals surface area (Å²) >= 11 is 0. The predicted molar refractivity (Wildman–Crippen MR) is 69.4 cm³/mol. The van der Waals surface area contributed by atoms with Gasteiger partial charge in [-0.3, -0.25) is 4.79 Å². The zero-order valence-corrected chi connectivity index (χ0v) is 10.3. The maximum atomic E-state index is 12.7. The average molecular weight is 259 g/mol. The number of benzene rings is 1. The van der Waals surface area contributed by atoms with Crippen molar-refractivity contribution < 1.29 is 9.18 Å². The molecule has 5 heteroatoms. The summed E-state index contributed by atoms with van der Waals surface area (Å²) in [5.41, 5.74) is 0.749. The molecule has 19 heavy (non-hydrogen) atoms. The molecule has 1 saturated heterocycles. The summed E-state index contributed by atoms with van der Waals surface area (Å²) in [6, 6.07) is 7.54. The van der Waals surface area contributed by atoms with E-state index in [1.165, 1.54) is 23.1 Å². The van der Waals surface area contributed by atoms with Crippen LogP contribution in [0.4, 0.5) is 4.39 Å². The van der Waals surface area contributed by atoms with Gasteiger partial charge in [-0.25, -0.2) is 4.39 Å². The van der Waals surface area contributed by atoms with E-state index in [2.05, 4.69) is 11.4 Å². The molecule has 0 radical (unpaired) electrons. The number of carbonyl (C=O) groups excluding carboxylic acids is 1. The molecule has 1 atom stereocenters. The van der Waals surface area contributed by atoms with Crippen LogP contribution in [0.2, 0.25) is 0 Å². The van der Waals surface area contributed by atoms with Crippen molar-refractivity contribution >= 4 is 12.0 Å². The van der Waals surface area contributed by atoms with E-state index in [-0.39, 0.29) is 11.7 Å². The van der Waals surface area contributed by atoms with Crippen molar-refractivity contribution in [3.8, 4) is 6.07 Å². The molecule has 0 spiro atoms. The highest BCUT2D eigenvalue weighted by atomic mass is 19.1. The maximum Gasteiger partial charge on any atom is 0.247 e. The lowest BCUT2D eigenvalue weighted by Gasteiger charge is -2.31. The molecule has 1 fully saturated rings. The van der Waals surface area contributed by atoms with Gasteiger partial charge in [0.15, 0.2) is 0 Å². The van der Waals surface area contributed by atoms with Crippen molar-refractivity contribution in [1.82, 2.24) is 10.2 Å². The lowest BCUT2D eigenvalue weighted by molar-refractivity contribution is -0.127. The number of hydrogen-bond acceptors (Lipinski definition) is 3. The Hall–Kier alpha value is -2.19. The fourth-order valence-corrected chi connectivity index (χ4v) is 1.92. The maximum absolute atomic E-state index is 12.7. The first kappa shape index (κ1) is 13.2. The fraction of sp³-hybridized carbons (Fsp3) is 0.286. The third-order valence-corrected chi connectivity index (χ3v) is 2.96. The summed E-state index contributed by atoms with van der Waals surface area (Å²) in [6.45, 7) is 1.70. The third-order valence-electron chi connectivity index (χ3n) is 2.96. The van der Waals surface area contributed by atoms with E-state index in [0.717, 1.165) is 5.56 Å². The van der Waals surface area contributed by atoms with Gasteiger partial charge in [0.05, 0.1) is 6.07 Å². The smallest absolute Gasteiger partial charge is 0.247 e. The summed E-state index contributed by atoms with van der Waals surface area (Å²) in [5.74, 6) is -0.507. The highest BCUT2D eigenvalue weighted by molar-refractivity contribution is 5.92. The number of nitriles is 1. The van der Waals surface area contributed by atoms with Gasteiger partial charge in [-0.2, -0.15) is 5.26 Å². The Balaban J connectivity index is 2.03. The Kier molecular flexibility index (Phi) is 4.26. The number of nitrogens with one attached hydrogen (secondary N) is 1. The zero-order chi connectivity index (χ0) is 13.7. The first-order valence-corrected chi connectivity index (χ1v) is 6.05. The van der Waals surface area contributed by atoms with Crippen molar-refractivity contribution in [3.63, 3.8) is 0 Å². The molecule has 2 rings (SSSR count). The second-order valence-electron chi connectivity index (χ2n) is 4.27. The normalized spacial score (nSPS) is 19.4. The van der Waals surface area contributed by atoms with Crippen LogP contribution in [0, 0.1) is 17.1 Å². The summed E-state index contributed by atoms with van der Waals surface area (Å²) in [5, 5.41) is 12.0. The molecule has 0 bridgehead atoms. The van der Waals surface area contributed by atoms with E-state index in [1.54, 1.807) is 18.2 Å². The van der Waals surface area contributed by atoms with Gasteiger partial charge in [0, 0.05) is 25.7 Å². The first-order chi connectivity index (χ1) is 9.20. The molecule has 1 N–H and O–H groups in total. The van der Waals surface area contributed by atoms with Gasteiger partial charge >= 0.3 is 0 Å². The van der Waals surface area contributed by atoms with Gasteiger partial charge in [-0.1, -0.05) is 12.1 Å². The van der Waals surface area contributed by atoms with E-state index in [9.17, 15) is 9.18 Å². The Morgan fingerprint density at radius 2 is 2.21 bits per heavy atom. The topological polar surface area (TPSA) is 56.1 Å². The van der Waals surface area contributed by atoms with E-state index in [0.29, 0.717) is 19.6 Å². The van der Waals surface area contributed by atoms with Crippen LogP contribution >= 0.6 is 0 Å². The lowest BCUT2D eigenvalue weighted by Crippen LogP contribution is -2.52. The number of nitrogens with zero attached hydrogens (tertiary/aromatic N) is 2. The molecule has 0 aliphatic carbocycles. The second kappa shape index (κ2) is 6.12. The minimum absolute atomic E-state index is 0.197. The number of carbonyl (C=O) groups is 1. The number of halogens is 1. The van der Waals surface area contributed by atoms with Crippen LogP contribution in [0.15, 0.2) is 30.3 Å². The number of rotatable bonds is 2. The summed E-state index contributed by atoms with van der Waals surface area (Å²) in [7, 11) is 0. The fourth-order valence-electron chi connectivity index (χ4n) is 1.92. The van der Waals surface area contributed by atoms with E-state index >= 15 is 0 Å². The SMILES string of the molecule is N#CC1CNCCN1C(=O)C=Cc1ccc(F)cc1. The predicted octanol–water partition coefficient (Wildman–Crippen LogP) is 1.16. The van der Waals surface area contributed by atoms with E-state index in [4.69, 9.17) is 5.26 Å². The Morgan fingerprint density at radius 1 is 1.47 bits per heavy atom. The quantitative estimate of drug-likeness (QED) is 0.811. The lowest BCUT2D eigenvalue weighted by atomic mass is 10.2. The molecule has 4 nitrogen and oxygen atoms in total. The van der Waals surface area contributed by atoms with Crippen LogP contribution in [-0.2, 0) is 4.79 Å². The first-order valence-electron chi connectivity index (χ1n) is 6.05. The molecule has 1 aliphatic heterocycles. The average Bonchev–Trinajstić information content (AvgIpc) is 2.46. The van der Waals surface area contributed by atoms with Gasteiger partial charge in [0.25, 0.3) is 0 Å². The minimum atomic E-state index is -0.431. The molecular formula is C14H14FN3O.